The van der Waals surface area contributed by atoms with Crippen molar-refractivity contribution < 1.29 is 4.79 Å². The summed E-state index contributed by atoms with van der Waals surface area (Å²) in [7, 11) is 1.93. The van der Waals surface area contributed by atoms with Crippen LogP contribution in [0.5, 0.6) is 0 Å². The number of allylic oxidation sites excluding steroid dienone is 1. The van der Waals surface area contributed by atoms with Crippen LogP contribution in [-0.2, 0) is 4.79 Å². The zero-order chi connectivity index (χ0) is 21.6. The van der Waals surface area contributed by atoms with Gasteiger partial charge in [0.1, 0.15) is 0 Å². The van der Waals surface area contributed by atoms with E-state index >= 15 is 0 Å². The van der Waals surface area contributed by atoms with Crippen LogP contribution in [0.15, 0.2) is 83.1 Å². The Hall–Kier alpha value is -3.71. The Morgan fingerprint density at radius 3 is 2.68 bits per heavy atom. The number of benzene rings is 2. The standard InChI is InChI=1S/C24H21N5OS/c1-17-8-11-23(25-14-17)28-24(29(2)19-6-4-3-5-7-19)31-20(15-30)12-18-9-10-21-22(13-18)27-16-26-21/h3-16H,1-2H3,(H,26,27)/b20-12-,28-24?. The summed E-state index contributed by atoms with van der Waals surface area (Å²) >= 11 is 1.30. The molecule has 0 saturated carbocycles. The lowest BCUT2D eigenvalue weighted by Crippen LogP contribution is -2.23. The predicted octanol–water partition coefficient (Wildman–Crippen LogP) is 5.36. The van der Waals surface area contributed by atoms with Crippen LogP contribution in [0.2, 0.25) is 0 Å². The minimum atomic E-state index is 0.535. The smallest absolute Gasteiger partial charge is 0.175 e. The molecule has 154 valence electrons. The van der Waals surface area contributed by atoms with Crippen LogP contribution in [0.1, 0.15) is 11.1 Å². The number of anilines is 1. The number of hydrogen-bond acceptors (Lipinski definition) is 5. The summed E-state index contributed by atoms with van der Waals surface area (Å²) < 4.78 is 0. The van der Waals surface area contributed by atoms with Crippen LogP contribution in [0.25, 0.3) is 17.1 Å². The van der Waals surface area contributed by atoms with E-state index in [4.69, 9.17) is 4.99 Å². The van der Waals surface area contributed by atoms with Gasteiger partial charge in [0, 0.05) is 18.9 Å². The van der Waals surface area contributed by atoms with Gasteiger partial charge >= 0.3 is 0 Å². The summed E-state index contributed by atoms with van der Waals surface area (Å²) in [6.45, 7) is 1.98. The fourth-order valence-electron chi connectivity index (χ4n) is 2.95. The van der Waals surface area contributed by atoms with E-state index < -0.39 is 0 Å². The lowest BCUT2D eigenvalue weighted by molar-refractivity contribution is -0.104. The fraction of sp³-hybridized carbons (Fsp3) is 0.0833. The molecule has 0 bridgehead atoms. The first-order valence-corrected chi connectivity index (χ1v) is 10.5. The number of carbonyl (C=O) groups is 1. The van der Waals surface area contributed by atoms with Crippen molar-refractivity contribution in [2.75, 3.05) is 11.9 Å². The third kappa shape index (κ3) is 5.07. The van der Waals surface area contributed by atoms with Crippen LogP contribution in [0, 0.1) is 6.92 Å². The molecule has 0 aliphatic heterocycles. The summed E-state index contributed by atoms with van der Waals surface area (Å²) in [6.07, 6.45) is 6.12. The summed E-state index contributed by atoms with van der Waals surface area (Å²) in [4.78, 5) is 30.8. The number of imidazole rings is 1. The van der Waals surface area contributed by atoms with E-state index in [9.17, 15) is 4.79 Å². The van der Waals surface area contributed by atoms with Gasteiger partial charge in [-0.15, -0.1) is 0 Å². The van der Waals surface area contributed by atoms with Crippen LogP contribution in [-0.4, -0.2) is 33.5 Å². The van der Waals surface area contributed by atoms with Gasteiger partial charge in [-0.25, -0.2) is 15.0 Å². The molecule has 2 aromatic carbocycles. The van der Waals surface area contributed by atoms with Gasteiger partial charge in [-0.2, -0.15) is 0 Å². The molecule has 31 heavy (non-hydrogen) atoms. The fourth-order valence-corrected chi connectivity index (χ4v) is 3.79. The summed E-state index contributed by atoms with van der Waals surface area (Å²) in [5.41, 5.74) is 4.73. The van der Waals surface area contributed by atoms with Crippen molar-refractivity contribution in [3.8, 4) is 0 Å². The molecule has 0 fully saturated rings. The first-order chi connectivity index (χ1) is 15.1. The number of amidine groups is 1. The number of aromatic amines is 1. The normalized spacial score (nSPS) is 12.2. The number of thioether (sulfide) groups is 1. The number of fused-ring (bicyclic) bond motifs is 1. The molecular formula is C24H21N5OS. The molecular weight excluding hydrogens is 406 g/mol. The molecule has 0 aliphatic rings. The second-order valence-electron chi connectivity index (χ2n) is 6.93. The van der Waals surface area contributed by atoms with Crippen molar-refractivity contribution in [2.45, 2.75) is 6.92 Å². The minimum Gasteiger partial charge on any atom is -0.345 e. The maximum atomic E-state index is 11.9. The van der Waals surface area contributed by atoms with E-state index in [1.165, 1.54) is 11.8 Å². The van der Waals surface area contributed by atoms with Crippen molar-refractivity contribution in [1.82, 2.24) is 15.0 Å². The molecule has 2 heterocycles. The number of pyridine rings is 1. The predicted molar refractivity (Wildman–Crippen MR) is 129 cm³/mol. The van der Waals surface area contributed by atoms with Crippen molar-refractivity contribution in [3.05, 3.63) is 89.2 Å². The highest BCUT2D eigenvalue weighted by molar-refractivity contribution is 8.18. The average molecular weight is 428 g/mol. The number of carbonyl (C=O) groups excluding carboxylic acids is 1. The topological polar surface area (TPSA) is 74.2 Å². The van der Waals surface area contributed by atoms with Gasteiger partial charge in [-0.3, -0.25) is 4.79 Å². The lowest BCUT2D eigenvalue weighted by Gasteiger charge is -2.20. The van der Waals surface area contributed by atoms with Crippen LogP contribution >= 0.6 is 11.8 Å². The largest absolute Gasteiger partial charge is 0.345 e. The van der Waals surface area contributed by atoms with Crippen molar-refractivity contribution in [2.24, 2.45) is 4.99 Å². The Kier molecular flexibility index (Phi) is 6.24. The number of rotatable bonds is 5. The van der Waals surface area contributed by atoms with Crippen LogP contribution in [0.4, 0.5) is 11.5 Å². The Balaban J connectivity index is 1.69. The van der Waals surface area contributed by atoms with Gasteiger partial charge in [0.2, 0.25) is 0 Å². The number of hydrogen-bond donors (Lipinski definition) is 1. The van der Waals surface area contributed by atoms with Crippen molar-refractivity contribution in [3.63, 3.8) is 0 Å². The maximum Gasteiger partial charge on any atom is 0.175 e. The minimum absolute atomic E-state index is 0.535. The SMILES string of the molecule is Cc1ccc(N=C(S/C(C=O)=C\c2ccc3nc[nH]c3c2)N(C)c2ccccc2)nc1. The third-order valence-corrected chi connectivity index (χ3v) is 5.61. The molecule has 0 radical (unpaired) electrons. The summed E-state index contributed by atoms with van der Waals surface area (Å²) in [5.74, 6) is 0.583. The molecule has 0 amide bonds. The molecule has 0 atom stereocenters. The Labute approximate surface area is 184 Å². The highest BCUT2D eigenvalue weighted by Crippen LogP contribution is 2.27. The van der Waals surface area contributed by atoms with E-state index in [2.05, 4.69) is 15.0 Å². The number of aryl methyl sites for hydroxylation is 1. The number of para-hydroxylation sites is 1. The van der Waals surface area contributed by atoms with Gasteiger partial charge in [0.05, 0.1) is 22.3 Å². The Morgan fingerprint density at radius 1 is 1.10 bits per heavy atom. The Bertz CT molecular complexity index is 1250. The summed E-state index contributed by atoms with van der Waals surface area (Å²) in [5, 5.41) is 0.642. The molecule has 4 aromatic rings. The number of aliphatic imine (C=N–C) groups is 1. The van der Waals surface area contributed by atoms with E-state index in [1.54, 1.807) is 12.5 Å². The van der Waals surface area contributed by atoms with Crippen LogP contribution in [0.3, 0.4) is 0 Å². The molecule has 2 aromatic heterocycles. The van der Waals surface area contributed by atoms with Gasteiger partial charge in [0.25, 0.3) is 0 Å². The van der Waals surface area contributed by atoms with Gasteiger partial charge in [-0.05, 0) is 66.2 Å². The first kappa shape index (κ1) is 20.6. The Morgan fingerprint density at radius 2 is 1.94 bits per heavy atom. The quantitative estimate of drug-likeness (QED) is 0.201. The second-order valence-corrected chi connectivity index (χ2v) is 7.97. The number of H-pyrrole nitrogens is 1. The number of aromatic nitrogens is 3. The average Bonchev–Trinajstić information content (AvgIpc) is 3.27. The zero-order valence-electron chi connectivity index (χ0n) is 17.2. The molecule has 6 nitrogen and oxygen atoms in total. The van der Waals surface area contributed by atoms with Crippen LogP contribution < -0.4 is 4.90 Å². The second kappa shape index (κ2) is 9.40. The van der Waals surface area contributed by atoms with E-state index in [1.807, 2.05) is 85.6 Å². The highest BCUT2D eigenvalue weighted by Gasteiger charge is 2.13. The molecule has 4 rings (SSSR count). The van der Waals surface area contributed by atoms with Gasteiger partial charge < -0.3 is 9.88 Å². The van der Waals surface area contributed by atoms with E-state index in [0.717, 1.165) is 34.1 Å². The zero-order valence-corrected chi connectivity index (χ0v) is 18.0. The van der Waals surface area contributed by atoms with Gasteiger partial charge in [-0.1, -0.05) is 30.3 Å². The summed E-state index contributed by atoms with van der Waals surface area (Å²) in [6, 6.07) is 19.5. The molecule has 0 spiro atoms. The van der Waals surface area contributed by atoms with E-state index in [-0.39, 0.29) is 0 Å². The highest BCUT2D eigenvalue weighted by atomic mass is 32.2. The van der Waals surface area contributed by atoms with Gasteiger partial charge in [0.15, 0.2) is 17.3 Å². The van der Waals surface area contributed by atoms with E-state index in [0.29, 0.717) is 15.9 Å². The molecule has 1 N–H and O–H groups in total. The van der Waals surface area contributed by atoms with Crippen molar-refractivity contribution in [1.29, 1.82) is 0 Å². The first-order valence-electron chi connectivity index (χ1n) is 9.70. The van der Waals surface area contributed by atoms with Crippen molar-refractivity contribution >= 4 is 51.8 Å². The number of nitrogens with one attached hydrogen (secondary N) is 1. The maximum absolute atomic E-state index is 11.9. The molecule has 7 heteroatoms. The molecule has 0 aliphatic carbocycles. The monoisotopic (exact) mass is 427 g/mol. The molecule has 0 unspecified atom stereocenters. The number of aldehydes is 1. The number of nitrogens with zero attached hydrogens (tertiary/aromatic N) is 4. The lowest BCUT2D eigenvalue weighted by atomic mass is 10.2. The molecule has 0 saturated heterocycles. The third-order valence-electron chi connectivity index (χ3n) is 4.61.